The van der Waals surface area contributed by atoms with Crippen molar-refractivity contribution in [2.45, 2.75) is 25.9 Å². The standard InChI is InChI=1S/C26H23ClN4O3/c1-26(2,34)24-21-13-15-30(19-11-9-18(10-12-19)29-14-4-3-8-22(29)32)25(33)23(21)31(28-24)20-7-5-6-17(27)16-20/h3-12,14,16,34H,13,15H2,1-2H3. The third kappa shape index (κ3) is 3.83. The number of carbonyl (C=O) groups excluding carboxylic acids is 1. The molecule has 5 rings (SSSR count). The van der Waals surface area contributed by atoms with Gasteiger partial charge in [-0.2, -0.15) is 5.10 Å². The Bertz CT molecular complexity index is 1450. The molecular weight excluding hydrogens is 452 g/mol. The molecule has 0 radical (unpaired) electrons. The Kier molecular flexibility index (Phi) is 5.38. The van der Waals surface area contributed by atoms with Crippen molar-refractivity contribution in [2.24, 2.45) is 0 Å². The smallest absolute Gasteiger partial charge is 0.277 e. The third-order valence-corrected chi connectivity index (χ3v) is 6.15. The van der Waals surface area contributed by atoms with E-state index in [1.165, 1.54) is 6.07 Å². The van der Waals surface area contributed by atoms with Crippen LogP contribution < -0.4 is 10.5 Å². The van der Waals surface area contributed by atoms with Crippen LogP contribution in [0, 0.1) is 0 Å². The van der Waals surface area contributed by atoms with E-state index in [2.05, 4.69) is 5.10 Å². The van der Waals surface area contributed by atoms with Crippen molar-refractivity contribution >= 4 is 23.2 Å². The molecule has 8 heteroatoms. The second-order valence-electron chi connectivity index (χ2n) is 8.76. The number of aromatic nitrogens is 3. The lowest BCUT2D eigenvalue weighted by Crippen LogP contribution is -2.39. The van der Waals surface area contributed by atoms with Crippen LogP contribution in [0.25, 0.3) is 11.4 Å². The molecule has 0 bridgehead atoms. The van der Waals surface area contributed by atoms with Crippen molar-refractivity contribution in [3.63, 3.8) is 0 Å². The molecule has 34 heavy (non-hydrogen) atoms. The van der Waals surface area contributed by atoms with Gasteiger partial charge in [-0.3, -0.25) is 14.2 Å². The van der Waals surface area contributed by atoms with Crippen molar-refractivity contribution < 1.29 is 9.90 Å². The van der Waals surface area contributed by atoms with Crippen LogP contribution in [-0.4, -0.2) is 31.9 Å². The van der Waals surface area contributed by atoms with Gasteiger partial charge in [0.1, 0.15) is 11.3 Å². The first-order valence-corrected chi connectivity index (χ1v) is 11.3. The molecule has 172 valence electrons. The average Bonchev–Trinajstić information content (AvgIpc) is 3.21. The number of hydrogen-bond acceptors (Lipinski definition) is 4. The number of rotatable bonds is 4. The topological polar surface area (TPSA) is 80.4 Å². The summed E-state index contributed by atoms with van der Waals surface area (Å²) < 4.78 is 3.12. The molecule has 1 aliphatic heterocycles. The Labute approximate surface area is 201 Å². The van der Waals surface area contributed by atoms with E-state index in [1.54, 1.807) is 64.5 Å². The molecule has 0 unspecified atom stereocenters. The fraction of sp³-hybridized carbons (Fsp3) is 0.192. The van der Waals surface area contributed by atoms with E-state index < -0.39 is 5.60 Å². The van der Waals surface area contributed by atoms with Crippen molar-refractivity contribution in [3.05, 3.63) is 105 Å². The highest BCUT2D eigenvalue weighted by Crippen LogP contribution is 2.33. The average molecular weight is 475 g/mol. The van der Waals surface area contributed by atoms with E-state index in [9.17, 15) is 14.7 Å². The van der Waals surface area contributed by atoms with Gasteiger partial charge in [0.2, 0.25) is 0 Å². The minimum absolute atomic E-state index is 0.126. The summed E-state index contributed by atoms with van der Waals surface area (Å²) in [5.74, 6) is -0.214. The summed E-state index contributed by atoms with van der Waals surface area (Å²) in [5.41, 5.74) is 2.37. The molecule has 1 amide bonds. The number of fused-ring (bicyclic) bond motifs is 1. The zero-order chi connectivity index (χ0) is 24.0. The fourth-order valence-corrected chi connectivity index (χ4v) is 4.51. The van der Waals surface area contributed by atoms with Crippen molar-refractivity contribution in [1.82, 2.24) is 14.3 Å². The summed E-state index contributed by atoms with van der Waals surface area (Å²) in [6, 6.07) is 19.4. The van der Waals surface area contributed by atoms with Gasteiger partial charge < -0.3 is 10.0 Å². The molecule has 1 aliphatic rings. The molecule has 4 aromatic rings. The molecule has 0 atom stereocenters. The summed E-state index contributed by atoms with van der Waals surface area (Å²) in [7, 11) is 0. The number of benzene rings is 2. The van der Waals surface area contributed by atoms with Crippen LogP contribution in [0.15, 0.2) is 77.7 Å². The van der Waals surface area contributed by atoms with E-state index in [4.69, 9.17) is 11.6 Å². The highest BCUT2D eigenvalue weighted by Gasteiger charge is 2.37. The highest BCUT2D eigenvalue weighted by molar-refractivity contribution is 6.30. The molecule has 0 saturated heterocycles. The van der Waals surface area contributed by atoms with Gasteiger partial charge in [-0.25, -0.2) is 4.68 Å². The van der Waals surface area contributed by atoms with Crippen LogP contribution in [0.4, 0.5) is 5.69 Å². The molecule has 1 N–H and O–H groups in total. The van der Waals surface area contributed by atoms with Crippen LogP contribution in [0.2, 0.25) is 5.02 Å². The lowest BCUT2D eigenvalue weighted by atomic mass is 9.94. The monoisotopic (exact) mass is 474 g/mol. The number of amides is 1. The Hall–Kier alpha value is -3.68. The lowest BCUT2D eigenvalue weighted by Gasteiger charge is -2.28. The fourth-order valence-electron chi connectivity index (χ4n) is 4.33. The first-order valence-electron chi connectivity index (χ1n) is 10.9. The Morgan fingerprint density at radius 1 is 0.941 bits per heavy atom. The lowest BCUT2D eigenvalue weighted by molar-refractivity contribution is 0.0725. The van der Waals surface area contributed by atoms with Crippen LogP contribution in [0.3, 0.4) is 0 Å². The van der Waals surface area contributed by atoms with Gasteiger partial charge in [-0.05, 0) is 68.8 Å². The zero-order valence-corrected chi connectivity index (χ0v) is 19.5. The predicted octanol–water partition coefficient (Wildman–Crippen LogP) is 4.11. The molecule has 7 nitrogen and oxygen atoms in total. The normalized spacial score (nSPS) is 13.8. The third-order valence-electron chi connectivity index (χ3n) is 5.91. The van der Waals surface area contributed by atoms with Crippen LogP contribution >= 0.6 is 11.6 Å². The van der Waals surface area contributed by atoms with E-state index in [0.717, 1.165) is 5.56 Å². The summed E-state index contributed by atoms with van der Waals surface area (Å²) in [6.45, 7) is 3.78. The minimum atomic E-state index is -1.21. The number of carbonyl (C=O) groups is 1. The molecule has 3 heterocycles. The second kappa shape index (κ2) is 8.27. The molecule has 0 aliphatic carbocycles. The Morgan fingerprint density at radius 2 is 1.68 bits per heavy atom. The largest absolute Gasteiger partial charge is 0.384 e. The summed E-state index contributed by atoms with van der Waals surface area (Å²) >= 11 is 6.20. The number of hydrogen-bond donors (Lipinski definition) is 1. The number of halogens is 1. The number of pyridine rings is 1. The van der Waals surface area contributed by atoms with E-state index in [-0.39, 0.29) is 11.5 Å². The van der Waals surface area contributed by atoms with E-state index in [1.807, 2.05) is 30.3 Å². The van der Waals surface area contributed by atoms with Gasteiger partial charge in [0.25, 0.3) is 11.5 Å². The van der Waals surface area contributed by atoms with Crippen molar-refractivity contribution in [1.29, 1.82) is 0 Å². The summed E-state index contributed by atoms with van der Waals surface area (Å²) in [5, 5.41) is 15.9. The maximum atomic E-state index is 13.7. The quantitative estimate of drug-likeness (QED) is 0.482. The van der Waals surface area contributed by atoms with Gasteiger partial charge in [0.05, 0.1) is 11.4 Å². The predicted molar refractivity (Wildman–Crippen MR) is 131 cm³/mol. The maximum Gasteiger partial charge on any atom is 0.277 e. The van der Waals surface area contributed by atoms with Crippen LogP contribution in [-0.2, 0) is 12.0 Å². The summed E-state index contributed by atoms with van der Waals surface area (Å²) in [4.78, 5) is 27.6. The first kappa shape index (κ1) is 22.1. The highest BCUT2D eigenvalue weighted by atomic mass is 35.5. The van der Waals surface area contributed by atoms with Crippen LogP contribution in [0.1, 0.15) is 35.6 Å². The molecule has 0 saturated carbocycles. The molecule has 2 aromatic heterocycles. The summed E-state index contributed by atoms with van der Waals surface area (Å²) in [6.07, 6.45) is 2.25. The van der Waals surface area contributed by atoms with Gasteiger partial charge in [-0.15, -0.1) is 0 Å². The Balaban J connectivity index is 1.57. The van der Waals surface area contributed by atoms with Crippen molar-refractivity contribution in [3.8, 4) is 11.4 Å². The van der Waals surface area contributed by atoms with Gasteiger partial charge in [0.15, 0.2) is 0 Å². The van der Waals surface area contributed by atoms with E-state index >= 15 is 0 Å². The molecule has 0 spiro atoms. The SMILES string of the molecule is CC(C)(O)c1nn(-c2cccc(Cl)c2)c2c1CCN(c1ccc(-n3ccccc3=O)cc1)C2=O. The molecule has 0 fully saturated rings. The Morgan fingerprint density at radius 3 is 2.35 bits per heavy atom. The first-order chi connectivity index (χ1) is 16.2. The van der Waals surface area contributed by atoms with Crippen LogP contribution in [0.5, 0.6) is 0 Å². The minimum Gasteiger partial charge on any atom is -0.384 e. The van der Waals surface area contributed by atoms with E-state index in [0.29, 0.717) is 46.4 Å². The van der Waals surface area contributed by atoms with Gasteiger partial charge in [0, 0.05) is 40.8 Å². The van der Waals surface area contributed by atoms with Gasteiger partial charge in [-0.1, -0.05) is 23.7 Å². The molecule has 2 aromatic carbocycles. The number of aliphatic hydroxyl groups is 1. The maximum absolute atomic E-state index is 13.7. The second-order valence-corrected chi connectivity index (χ2v) is 9.19. The number of nitrogens with zero attached hydrogens (tertiary/aromatic N) is 4. The molecular formula is C26H23ClN4O3. The number of anilines is 1. The van der Waals surface area contributed by atoms with Gasteiger partial charge >= 0.3 is 0 Å². The van der Waals surface area contributed by atoms with Crippen molar-refractivity contribution in [2.75, 3.05) is 11.4 Å². The zero-order valence-electron chi connectivity index (χ0n) is 18.8.